The van der Waals surface area contributed by atoms with E-state index in [1.54, 1.807) is 0 Å². The van der Waals surface area contributed by atoms with Gasteiger partial charge in [-0.3, -0.25) is 9.78 Å². The van der Waals surface area contributed by atoms with Gasteiger partial charge >= 0.3 is 0 Å². The Hall–Kier alpha value is -1.96. The number of nitrogens with zero attached hydrogens (tertiary/aromatic N) is 1. The van der Waals surface area contributed by atoms with E-state index in [1.165, 1.54) is 0 Å². The number of fused-ring (bicyclic) bond motifs is 1. The van der Waals surface area contributed by atoms with E-state index in [4.69, 9.17) is 4.98 Å². The van der Waals surface area contributed by atoms with E-state index < -0.39 is 0 Å². The highest BCUT2D eigenvalue weighted by molar-refractivity contribution is 5.99. The van der Waals surface area contributed by atoms with Crippen molar-refractivity contribution in [3.63, 3.8) is 0 Å². The predicted molar refractivity (Wildman–Crippen MR) is 85.5 cm³/mol. The van der Waals surface area contributed by atoms with E-state index in [1.807, 2.05) is 18.2 Å². The van der Waals surface area contributed by atoms with Crippen molar-refractivity contribution >= 4 is 5.78 Å². The molecule has 21 heavy (non-hydrogen) atoms. The lowest BCUT2D eigenvalue weighted by atomic mass is 9.75. The second-order valence-electron chi connectivity index (χ2n) is 6.65. The molecule has 0 saturated carbocycles. The van der Waals surface area contributed by atoms with Gasteiger partial charge < -0.3 is 0 Å². The average molecular weight is 279 g/mol. The Morgan fingerprint density at radius 1 is 1.14 bits per heavy atom. The van der Waals surface area contributed by atoms with Gasteiger partial charge in [-0.15, -0.1) is 0 Å². The minimum atomic E-state index is 0.0127. The number of rotatable bonds is 2. The fraction of sp³-hybridized carbons (Fsp3) is 0.368. The van der Waals surface area contributed by atoms with E-state index in [2.05, 4.69) is 39.0 Å². The maximum absolute atomic E-state index is 12.4. The van der Waals surface area contributed by atoms with Crippen molar-refractivity contribution in [1.29, 1.82) is 0 Å². The molecule has 2 nitrogen and oxygen atoms in total. The number of Topliss-reactive ketones (excluding diaryl/α,β-unsaturated/α-hetero) is 1. The van der Waals surface area contributed by atoms with E-state index in [0.29, 0.717) is 6.42 Å². The van der Waals surface area contributed by atoms with Crippen LogP contribution in [0.15, 0.2) is 36.4 Å². The van der Waals surface area contributed by atoms with Crippen molar-refractivity contribution in [2.24, 2.45) is 5.41 Å². The monoisotopic (exact) mass is 279 g/mol. The summed E-state index contributed by atoms with van der Waals surface area (Å²) in [6.07, 6.45) is 2.38. The van der Waals surface area contributed by atoms with Crippen molar-refractivity contribution in [3.8, 4) is 11.3 Å². The van der Waals surface area contributed by atoms with E-state index in [0.717, 1.165) is 40.9 Å². The highest BCUT2D eigenvalue weighted by Crippen LogP contribution is 2.36. The Labute approximate surface area is 126 Å². The van der Waals surface area contributed by atoms with Gasteiger partial charge in [0.1, 0.15) is 0 Å². The van der Waals surface area contributed by atoms with Crippen molar-refractivity contribution in [2.75, 3.05) is 0 Å². The van der Waals surface area contributed by atoms with Crippen LogP contribution in [0.25, 0.3) is 11.3 Å². The summed E-state index contributed by atoms with van der Waals surface area (Å²) >= 11 is 0. The number of pyridine rings is 1. The topological polar surface area (TPSA) is 30.0 Å². The molecule has 0 atom stereocenters. The van der Waals surface area contributed by atoms with Crippen LogP contribution in [-0.4, -0.2) is 10.8 Å². The largest absolute Gasteiger partial charge is 0.294 e. The maximum Gasteiger partial charge on any atom is 0.165 e. The molecule has 1 heterocycles. The Morgan fingerprint density at radius 3 is 2.52 bits per heavy atom. The van der Waals surface area contributed by atoms with Crippen LogP contribution in [0.2, 0.25) is 0 Å². The molecule has 108 valence electrons. The fourth-order valence-electron chi connectivity index (χ4n) is 3.13. The Kier molecular flexibility index (Phi) is 3.40. The molecule has 3 rings (SSSR count). The Morgan fingerprint density at radius 2 is 1.86 bits per heavy atom. The number of hydrogen-bond acceptors (Lipinski definition) is 2. The molecule has 0 fully saturated rings. The quantitative estimate of drug-likeness (QED) is 0.812. The van der Waals surface area contributed by atoms with Crippen LogP contribution < -0.4 is 0 Å². The van der Waals surface area contributed by atoms with Crippen molar-refractivity contribution < 1.29 is 4.79 Å². The molecular formula is C19H21NO. The summed E-state index contributed by atoms with van der Waals surface area (Å²) in [7, 11) is 0. The smallest absolute Gasteiger partial charge is 0.165 e. The van der Waals surface area contributed by atoms with Crippen LogP contribution >= 0.6 is 0 Å². The van der Waals surface area contributed by atoms with Crippen LogP contribution in [0.5, 0.6) is 0 Å². The summed E-state index contributed by atoms with van der Waals surface area (Å²) in [5.41, 5.74) is 5.14. The van der Waals surface area contributed by atoms with Gasteiger partial charge in [-0.25, -0.2) is 0 Å². The number of ketones is 1. The van der Waals surface area contributed by atoms with Crippen molar-refractivity contribution in [2.45, 2.75) is 40.0 Å². The minimum absolute atomic E-state index is 0.0127. The summed E-state index contributed by atoms with van der Waals surface area (Å²) in [6.45, 7) is 6.41. The second kappa shape index (κ2) is 5.10. The van der Waals surface area contributed by atoms with Gasteiger partial charge in [-0.1, -0.05) is 51.1 Å². The van der Waals surface area contributed by atoms with Crippen LogP contribution in [-0.2, 0) is 12.8 Å². The van der Waals surface area contributed by atoms with Gasteiger partial charge in [0, 0.05) is 17.5 Å². The van der Waals surface area contributed by atoms with Gasteiger partial charge in [0.05, 0.1) is 11.4 Å². The summed E-state index contributed by atoms with van der Waals surface area (Å²) < 4.78 is 0. The van der Waals surface area contributed by atoms with E-state index >= 15 is 0 Å². The van der Waals surface area contributed by atoms with Crippen LogP contribution in [0, 0.1) is 5.41 Å². The Bertz CT molecular complexity index is 686. The number of carbonyl (C=O) groups excluding carboxylic acids is 1. The molecule has 0 saturated heterocycles. The number of benzene rings is 1. The lowest BCUT2D eigenvalue weighted by Crippen LogP contribution is -2.28. The molecule has 0 bridgehead atoms. The first-order chi connectivity index (χ1) is 10.00. The third kappa shape index (κ3) is 2.63. The zero-order chi connectivity index (χ0) is 15.0. The number of aromatic nitrogens is 1. The molecule has 0 unspecified atom stereocenters. The van der Waals surface area contributed by atoms with E-state index in [-0.39, 0.29) is 11.2 Å². The molecular weight excluding hydrogens is 258 g/mol. The highest BCUT2D eigenvalue weighted by Gasteiger charge is 2.32. The first kappa shape index (κ1) is 14.0. The van der Waals surface area contributed by atoms with Gasteiger partial charge in [0.15, 0.2) is 5.78 Å². The second-order valence-corrected chi connectivity index (χ2v) is 6.65. The zero-order valence-electron chi connectivity index (χ0n) is 12.9. The SMILES string of the molecule is CCc1cc2c(nc1-c1ccccc1)CC(C)(C)CC2=O. The number of aryl methyl sites for hydroxylation is 1. The molecule has 0 spiro atoms. The number of hydrogen-bond donors (Lipinski definition) is 0. The minimum Gasteiger partial charge on any atom is -0.294 e. The molecule has 0 aliphatic heterocycles. The number of carbonyl (C=O) groups is 1. The molecule has 1 aliphatic rings. The van der Waals surface area contributed by atoms with Crippen LogP contribution in [0.3, 0.4) is 0 Å². The summed E-state index contributed by atoms with van der Waals surface area (Å²) in [4.78, 5) is 17.3. The maximum atomic E-state index is 12.4. The highest BCUT2D eigenvalue weighted by atomic mass is 16.1. The van der Waals surface area contributed by atoms with Crippen molar-refractivity contribution in [1.82, 2.24) is 4.98 Å². The molecule has 0 radical (unpaired) electrons. The molecule has 1 aliphatic carbocycles. The molecule has 0 N–H and O–H groups in total. The normalized spacial score (nSPS) is 16.6. The summed E-state index contributed by atoms with van der Waals surface area (Å²) in [5, 5.41) is 0. The standard InChI is InChI=1S/C19H21NO/c1-4-13-10-15-16(11-19(2,3)12-17(15)21)20-18(13)14-8-6-5-7-9-14/h5-10H,4,11-12H2,1-3H3. The summed E-state index contributed by atoms with van der Waals surface area (Å²) in [6, 6.07) is 12.3. The van der Waals surface area contributed by atoms with Crippen LogP contribution in [0.1, 0.15) is 48.8 Å². The van der Waals surface area contributed by atoms with Crippen molar-refractivity contribution in [3.05, 3.63) is 53.2 Å². The van der Waals surface area contributed by atoms with Gasteiger partial charge in [0.2, 0.25) is 0 Å². The molecule has 2 aromatic rings. The van der Waals surface area contributed by atoms with Crippen LogP contribution in [0.4, 0.5) is 0 Å². The molecule has 1 aromatic heterocycles. The van der Waals surface area contributed by atoms with E-state index in [9.17, 15) is 4.79 Å². The first-order valence-electron chi connectivity index (χ1n) is 7.61. The lowest BCUT2D eigenvalue weighted by molar-refractivity contribution is 0.0910. The summed E-state index contributed by atoms with van der Waals surface area (Å²) in [5.74, 6) is 0.239. The first-order valence-corrected chi connectivity index (χ1v) is 7.61. The average Bonchev–Trinajstić information content (AvgIpc) is 2.46. The van der Waals surface area contributed by atoms with Gasteiger partial charge in [-0.2, -0.15) is 0 Å². The lowest BCUT2D eigenvalue weighted by Gasteiger charge is -2.30. The van der Waals surface area contributed by atoms with Gasteiger partial charge in [0.25, 0.3) is 0 Å². The van der Waals surface area contributed by atoms with Gasteiger partial charge in [-0.05, 0) is 29.9 Å². The fourth-order valence-corrected chi connectivity index (χ4v) is 3.13. The zero-order valence-corrected chi connectivity index (χ0v) is 12.9. The predicted octanol–water partition coefficient (Wildman–Crippen LogP) is 4.47. The third-order valence-corrected chi connectivity index (χ3v) is 4.19. The Balaban J connectivity index is 2.17. The third-order valence-electron chi connectivity index (χ3n) is 4.19. The molecule has 1 aromatic carbocycles. The molecule has 2 heteroatoms. The molecule has 0 amide bonds.